The van der Waals surface area contributed by atoms with E-state index < -0.39 is 6.10 Å². The summed E-state index contributed by atoms with van der Waals surface area (Å²) in [6, 6.07) is 29.1. The maximum Gasteiger partial charge on any atom is 0.105 e. The highest BCUT2D eigenvalue weighted by molar-refractivity contribution is 5.88. The van der Waals surface area contributed by atoms with Crippen molar-refractivity contribution in [1.82, 2.24) is 9.78 Å². The Morgan fingerprint density at radius 3 is 2.47 bits per heavy atom. The summed E-state index contributed by atoms with van der Waals surface area (Å²) in [6.07, 6.45) is 3.64. The molecular weight excluding hydrogens is 368 g/mol. The van der Waals surface area contributed by atoms with Crippen LogP contribution < -0.4 is 0 Å². The summed E-state index contributed by atoms with van der Waals surface area (Å²) < 4.78 is 1.94. The largest absolute Gasteiger partial charge is 0.384 e. The van der Waals surface area contributed by atoms with Crippen LogP contribution in [-0.4, -0.2) is 14.9 Å². The molecule has 146 valence electrons. The summed E-state index contributed by atoms with van der Waals surface area (Å²) in [5.74, 6) is 0.573. The van der Waals surface area contributed by atoms with Crippen molar-refractivity contribution in [3.8, 4) is 5.69 Å². The summed E-state index contributed by atoms with van der Waals surface area (Å²) in [5, 5.41) is 19.4. The van der Waals surface area contributed by atoms with Gasteiger partial charge in [0.25, 0.3) is 0 Å². The monoisotopic (exact) mass is 390 g/mol. The number of hydrogen-bond donors (Lipinski definition) is 1. The van der Waals surface area contributed by atoms with Crippen molar-refractivity contribution in [2.45, 2.75) is 24.9 Å². The molecule has 1 unspecified atom stereocenters. The topological polar surface area (TPSA) is 38.1 Å². The highest BCUT2D eigenvalue weighted by Gasteiger charge is 2.29. The van der Waals surface area contributed by atoms with Crippen LogP contribution in [0.3, 0.4) is 0 Å². The highest BCUT2D eigenvalue weighted by Crippen LogP contribution is 2.46. The van der Waals surface area contributed by atoms with Gasteiger partial charge in [-0.25, -0.2) is 4.68 Å². The number of fused-ring (bicyclic) bond motifs is 2. The van der Waals surface area contributed by atoms with Crippen LogP contribution in [0.15, 0.2) is 91.1 Å². The molecule has 1 aromatic heterocycles. The van der Waals surface area contributed by atoms with Crippen LogP contribution in [0.25, 0.3) is 27.4 Å². The van der Waals surface area contributed by atoms with E-state index in [1.165, 1.54) is 23.8 Å². The Morgan fingerprint density at radius 2 is 1.63 bits per heavy atom. The zero-order valence-corrected chi connectivity index (χ0v) is 16.6. The number of aliphatic hydroxyl groups is 1. The molecule has 1 N–H and O–H groups in total. The molecule has 1 fully saturated rings. The molecule has 1 atom stereocenters. The van der Waals surface area contributed by atoms with Crippen molar-refractivity contribution in [2.75, 3.05) is 0 Å². The molecule has 5 aromatic rings. The van der Waals surface area contributed by atoms with Crippen LogP contribution in [0.4, 0.5) is 0 Å². The summed E-state index contributed by atoms with van der Waals surface area (Å²) in [4.78, 5) is 0. The summed E-state index contributed by atoms with van der Waals surface area (Å²) in [5.41, 5.74) is 5.34. The van der Waals surface area contributed by atoms with Gasteiger partial charge in [0.15, 0.2) is 0 Å². The number of nitrogens with zero attached hydrogens (tertiary/aromatic N) is 2. The van der Waals surface area contributed by atoms with Crippen LogP contribution >= 0.6 is 0 Å². The van der Waals surface area contributed by atoms with Gasteiger partial charge in [-0.1, -0.05) is 60.7 Å². The molecule has 6 rings (SSSR count). The van der Waals surface area contributed by atoms with Gasteiger partial charge in [-0.2, -0.15) is 5.10 Å². The fourth-order valence-electron chi connectivity index (χ4n) is 4.53. The van der Waals surface area contributed by atoms with Gasteiger partial charge in [0, 0.05) is 5.39 Å². The van der Waals surface area contributed by atoms with Gasteiger partial charge >= 0.3 is 0 Å². The minimum atomic E-state index is -0.656. The highest BCUT2D eigenvalue weighted by atomic mass is 16.3. The summed E-state index contributed by atoms with van der Waals surface area (Å²) in [6.45, 7) is 0. The molecule has 0 aliphatic heterocycles. The van der Waals surface area contributed by atoms with Gasteiger partial charge in [-0.05, 0) is 70.5 Å². The summed E-state index contributed by atoms with van der Waals surface area (Å²) in [7, 11) is 0. The molecule has 0 radical (unpaired) electrons. The molecule has 1 aliphatic carbocycles. The quantitative estimate of drug-likeness (QED) is 0.400. The van der Waals surface area contributed by atoms with E-state index in [9.17, 15) is 5.11 Å². The molecule has 4 aromatic carbocycles. The fourth-order valence-corrected chi connectivity index (χ4v) is 4.53. The Balaban J connectivity index is 1.48. The predicted octanol–water partition coefficient (Wildman–Crippen LogP) is 6.14. The van der Waals surface area contributed by atoms with Gasteiger partial charge in [-0.15, -0.1) is 0 Å². The molecule has 0 saturated heterocycles. The molecule has 0 bridgehead atoms. The second-order valence-electron chi connectivity index (χ2n) is 8.18. The maximum atomic E-state index is 11.5. The number of hydrogen-bond acceptors (Lipinski definition) is 2. The van der Waals surface area contributed by atoms with Gasteiger partial charge in [0.1, 0.15) is 6.10 Å². The molecular formula is C27H22N2O. The van der Waals surface area contributed by atoms with E-state index >= 15 is 0 Å². The normalized spacial score (nSPS) is 15.0. The zero-order chi connectivity index (χ0) is 20.1. The van der Waals surface area contributed by atoms with Crippen molar-refractivity contribution in [2.24, 2.45) is 0 Å². The van der Waals surface area contributed by atoms with Crippen LogP contribution in [0, 0.1) is 0 Å². The third kappa shape index (κ3) is 2.82. The Kier molecular flexibility index (Phi) is 3.96. The first-order valence-electron chi connectivity index (χ1n) is 10.5. The number of para-hydroxylation sites is 1. The van der Waals surface area contributed by atoms with Crippen molar-refractivity contribution in [1.29, 1.82) is 0 Å². The third-order valence-corrected chi connectivity index (χ3v) is 6.20. The Labute approximate surface area is 175 Å². The Morgan fingerprint density at radius 1 is 0.833 bits per heavy atom. The fraction of sp³-hybridized carbons (Fsp3) is 0.148. The second kappa shape index (κ2) is 6.82. The van der Waals surface area contributed by atoms with Gasteiger partial charge < -0.3 is 5.11 Å². The molecule has 0 amide bonds. The molecule has 1 aliphatic rings. The first-order valence-corrected chi connectivity index (χ1v) is 10.5. The maximum absolute atomic E-state index is 11.5. The van der Waals surface area contributed by atoms with Gasteiger partial charge in [0.05, 0.1) is 17.4 Å². The second-order valence-corrected chi connectivity index (χ2v) is 8.18. The lowest BCUT2D eigenvalue weighted by Crippen LogP contribution is -2.05. The van der Waals surface area contributed by atoms with Gasteiger partial charge in [-0.3, -0.25) is 0 Å². The predicted molar refractivity (Wildman–Crippen MR) is 121 cm³/mol. The lowest BCUT2D eigenvalue weighted by atomic mass is 9.89. The average molecular weight is 390 g/mol. The average Bonchev–Trinajstić information content (AvgIpc) is 3.57. The Bertz CT molecular complexity index is 1370. The van der Waals surface area contributed by atoms with E-state index in [1.54, 1.807) is 0 Å². The molecule has 1 saturated carbocycles. The molecule has 30 heavy (non-hydrogen) atoms. The van der Waals surface area contributed by atoms with E-state index in [4.69, 9.17) is 0 Å². The van der Waals surface area contributed by atoms with Gasteiger partial charge in [0.2, 0.25) is 0 Å². The first kappa shape index (κ1) is 17.4. The van der Waals surface area contributed by atoms with E-state index in [0.717, 1.165) is 33.1 Å². The van der Waals surface area contributed by atoms with E-state index in [1.807, 2.05) is 47.3 Å². The number of aliphatic hydroxyl groups excluding tert-OH is 1. The molecule has 3 heteroatoms. The lowest BCUT2D eigenvalue weighted by molar-refractivity contribution is 0.221. The summed E-state index contributed by atoms with van der Waals surface area (Å²) >= 11 is 0. The molecule has 0 spiro atoms. The minimum absolute atomic E-state index is 0.573. The van der Waals surface area contributed by atoms with E-state index in [-0.39, 0.29) is 0 Å². The number of benzene rings is 4. The van der Waals surface area contributed by atoms with Crippen molar-refractivity contribution >= 4 is 21.7 Å². The first-order chi connectivity index (χ1) is 14.8. The number of aromatic nitrogens is 2. The van der Waals surface area contributed by atoms with E-state index in [0.29, 0.717) is 5.92 Å². The van der Waals surface area contributed by atoms with Crippen LogP contribution in [0.5, 0.6) is 0 Å². The minimum Gasteiger partial charge on any atom is -0.384 e. The van der Waals surface area contributed by atoms with E-state index in [2.05, 4.69) is 53.6 Å². The smallest absolute Gasteiger partial charge is 0.105 e. The molecule has 3 nitrogen and oxygen atoms in total. The van der Waals surface area contributed by atoms with Crippen molar-refractivity contribution in [3.63, 3.8) is 0 Å². The molecule has 1 heterocycles. The van der Waals surface area contributed by atoms with Crippen LogP contribution in [0.2, 0.25) is 0 Å². The standard InChI is InChI=1S/C27H22N2O/c30-27(26-23-9-5-4-6-18(23)12-14-24(26)19-10-11-19)20-13-15-25-21(16-20)17-28-29(25)22-7-2-1-3-8-22/h1-9,12-17,19,27,30H,10-11H2. The SMILES string of the molecule is OC(c1ccc2c(cnn2-c2ccccc2)c1)c1c(C2CC2)ccc2ccccc12. The van der Waals surface area contributed by atoms with Crippen molar-refractivity contribution in [3.05, 3.63) is 108 Å². The zero-order valence-electron chi connectivity index (χ0n) is 16.6. The Hall–Kier alpha value is -3.43. The van der Waals surface area contributed by atoms with Crippen molar-refractivity contribution < 1.29 is 5.11 Å². The third-order valence-electron chi connectivity index (χ3n) is 6.20. The van der Waals surface area contributed by atoms with Crippen LogP contribution in [-0.2, 0) is 0 Å². The number of rotatable bonds is 4. The van der Waals surface area contributed by atoms with Crippen LogP contribution in [0.1, 0.15) is 41.6 Å². The lowest BCUT2D eigenvalue weighted by Gasteiger charge is -2.19.